The molecule has 0 saturated carbocycles. The zero-order chi connectivity index (χ0) is 97.0. The third-order valence-electron chi connectivity index (χ3n) is 27.7. The molecule has 0 spiro atoms. The number of ether oxygens (including phenoxy) is 12. The van der Waals surface area contributed by atoms with Gasteiger partial charge in [-0.05, 0) is 64.5 Å². The Morgan fingerprint density at radius 2 is 0.331 bits per heavy atom. The monoisotopic (exact) mass is 1930 g/mol. The smallest absolute Gasteiger partial charge is 0.236 e. The molecule has 0 atom stereocenters. The largest absolute Gasteiger partial charge is 0.378 e. The average molecular weight is 1940 g/mol. The number of hydrogen-bond acceptors (Lipinski definition) is 20. The van der Waals surface area contributed by atoms with E-state index in [2.05, 4.69) is 57.1 Å². The maximum Gasteiger partial charge on any atom is 0.236 e. The van der Waals surface area contributed by atoms with Crippen LogP contribution in [0, 0.1) is 0 Å². The Kier molecular flexibility index (Phi) is 95.8. The van der Waals surface area contributed by atoms with Crippen LogP contribution in [0.5, 0.6) is 0 Å². The molecule has 3 fully saturated rings. The van der Waals surface area contributed by atoms with Gasteiger partial charge in [-0.1, -0.05) is 349 Å². The van der Waals surface area contributed by atoms with Crippen molar-refractivity contribution in [1.82, 2.24) is 39.2 Å². The van der Waals surface area contributed by atoms with Crippen LogP contribution in [-0.4, -0.2) is 352 Å². The van der Waals surface area contributed by atoms with Crippen molar-refractivity contribution >= 4 is 23.6 Å². The van der Waals surface area contributed by atoms with E-state index >= 15 is 0 Å². The molecule has 0 aromatic heterocycles. The Hall–Kier alpha value is -2.76. The molecule has 136 heavy (non-hydrogen) atoms. The number of carbonyl (C=O) groups is 4. The summed E-state index contributed by atoms with van der Waals surface area (Å²) in [6, 6.07) is 0. The first-order valence-corrected chi connectivity index (χ1v) is 58.2. The molecule has 3 aliphatic heterocycles. The highest BCUT2D eigenvalue weighted by Gasteiger charge is 2.23. The van der Waals surface area contributed by atoms with Gasteiger partial charge in [-0.2, -0.15) is 0 Å². The summed E-state index contributed by atoms with van der Waals surface area (Å²) in [4.78, 5) is 72.8. The summed E-state index contributed by atoms with van der Waals surface area (Å²) in [5.41, 5.74) is 0. The molecule has 0 aromatic carbocycles. The quantitative estimate of drug-likeness (QED) is 0.0519. The maximum absolute atomic E-state index is 14.1. The van der Waals surface area contributed by atoms with Gasteiger partial charge in [-0.25, -0.2) is 0 Å². The van der Waals surface area contributed by atoms with Crippen molar-refractivity contribution in [2.24, 2.45) is 0 Å². The van der Waals surface area contributed by atoms with E-state index in [-0.39, 0.29) is 23.6 Å². The second-order valence-corrected chi connectivity index (χ2v) is 39.7. The van der Waals surface area contributed by atoms with E-state index < -0.39 is 0 Å². The van der Waals surface area contributed by atoms with E-state index in [1.165, 1.54) is 295 Å². The molecule has 0 unspecified atom stereocenters. The number of rotatable bonds is 72. The maximum atomic E-state index is 14.1. The third-order valence-corrected chi connectivity index (χ3v) is 27.7. The number of hydrogen-bond donors (Lipinski definition) is 0. The summed E-state index contributed by atoms with van der Waals surface area (Å²) in [5.74, 6) is 0.808. The van der Waals surface area contributed by atoms with Gasteiger partial charge in [0.2, 0.25) is 23.6 Å². The highest BCUT2D eigenvalue weighted by Crippen LogP contribution is 2.21. The molecular weight excluding hydrogens is 1710 g/mol. The van der Waals surface area contributed by atoms with Crippen LogP contribution < -0.4 is 0 Å². The highest BCUT2D eigenvalue weighted by molar-refractivity contribution is 5.79. The van der Waals surface area contributed by atoms with Gasteiger partial charge in [0, 0.05) is 118 Å². The Morgan fingerprint density at radius 1 is 0.176 bits per heavy atom. The fourth-order valence-electron chi connectivity index (χ4n) is 18.6. The van der Waals surface area contributed by atoms with Crippen molar-refractivity contribution in [3.63, 3.8) is 0 Å². The summed E-state index contributed by atoms with van der Waals surface area (Å²) >= 11 is 0. The number of carbonyl (C=O) groups excluding carboxylic acids is 4. The molecule has 0 bridgehead atoms. The molecule has 804 valence electrons. The molecule has 24 heteroatoms. The molecule has 3 rings (SSSR count). The molecule has 0 aliphatic carbocycles. The van der Waals surface area contributed by atoms with Gasteiger partial charge in [-0.3, -0.25) is 38.8 Å². The van der Waals surface area contributed by atoms with E-state index in [1.54, 1.807) is 0 Å². The second kappa shape index (κ2) is 102. The molecule has 0 radical (unpaired) electrons. The van der Waals surface area contributed by atoms with Gasteiger partial charge in [0.15, 0.2) is 0 Å². The van der Waals surface area contributed by atoms with Crippen molar-refractivity contribution < 1.29 is 76.0 Å². The Labute approximate surface area is 836 Å². The average Bonchev–Trinajstić information content (AvgIpc) is 0.847. The van der Waals surface area contributed by atoms with Crippen LogP contribution in [-0.2, 0) is 76.0 Å². The Bertz CT molecular complexity index is 2240. The van der Waals surface area contributed by atoms with Crippen molar-refractivity contribution in [3.8, 4) is 0 Å². The number of nitrogens with zero attached hydrogens (tertiary/aromatic N) is 8. The van der Waals surface area contributed by atoms with Crippen molar-refractivity contribution in [2.75, 3.05) is 289 Å². The van der Waals surface area contributed by atoms with Crippen LogP contribution in [0.2, 0.25) is 0 Å². The van der Waals surface area contributed by atoms with Gasteiger partial charge < -0.3 is 76.4 Å². The summed E-state index contributed by atoms with van der Waals surface area (Å²) < 4.78 is 72.7. The summed E-state index contributed by atoms with van der Waals surface area (Å²) in [6.07, 6.45) is 73.8. The van der Waals surface area contributed by atoms with Crippen LogP contribution in [0.25, 0.3) is 0 Å². The fourth-order valence-corrected chi connectivity index (χ4v) is 18.6. The first kappa shape index (κ1) is 127. The highest BCUT2D eigenvalue weighted by atomic mass is 16.5. The molecule has 4 amide bonds. The van der Waals surface area contributed by atoms with Crippen LogP contribution >= 0.6 is 0 Å². The lowest BCUT2D eigenvalue weighted by molar-refractivity contribution is -0.134. The molecule has 3 saturated heterocycles. The second-order valence-electron chi connectivity index (χ2n) is 39.7. The van der Waals surface area contributed by atoms with Crippen LogP contribution in [0.1, 0.15) is 413 Å². The van der Waals surface area contributed by atoms with E-state index in [1.807, 2.05) is 9.80 Å². The minimum Gasteiger partial charge on any atom is -0.378 e. The van der Waals surface area contributed by atoms with Gasteiger partial charge >= 0.3 is 0 Å². The van der Waals surface area contributed by atoms with Crippen molar-refractivity contribution in [1.29, 1.82) is 0 Å². The lowest BCUT2D eigenvalue weighted by Gasteiger charge is -2.28. The SMILES string of the molecule is CCCCCCCCCCCCN(CCCCCCCCCCCC)C(=O)CN1CCOCCOCCN(CCCCCCCCCCCC(=O)N2CCOCCOCCN(C(=O)CCCCCCCCCCCN3CCOCCOCCN(CC(=O)N(CCCCCCCCCCCC)CCCCCCCCCCCC)CCOCCOCC3)CCOCCOCC2)CCOCCOCC1. The zero-order valence-electron chi connectivity index (χ0n) is 89.6. The number of unbranched alkanes of at least 4 members (excludes halogenated alkanes) is 52. The van der Waals surface area contributed by atoms with E-state index in [0.717, 1.165) is 142 Å². The van der Waals surface area contributed by atoms with E-state index in [9.17, 15) is 19.2 Å². The van der Waals surface area contributed by atoms with Gasteiger partial charge in [0.05, 0.1) is 172 Å². The van der Waals surface area contributed by atoms with E-state index in [4.69, 9.17) is 56.8 Å². The van der Waals surface area contributed by atoms with Gasteiger partial charge in [0.25, 0.3) is 0 Å². The molecule has 0 aromatic rings. The predicted octanol–water partition coefficient (Wildman–Crippen LogP) is 22.2. The van der Waals surface area contributed by atoms with Crippen LogP contribution in [0.15, 0.2) is 0 Å². The Morgan fingerprint density at radius 3 is 0.522 bits per heavy atom. The fraction of sp³-hybridized carbons (Fsp3) is 0.964. The summed E-state index contributed by atoms with van der Waals surface area (Å²) in [5, 5.41) is 0. The van der Waals surface area contributed by atoms with Crippen molar-refractivity contribution in [3.05, 3.63) is 0 Å². The van der Waals surface area contributed by atoms with Gasteiger partial charge in [0.1, 0.15) is 0 Å². The summed E-state index contributed by atoms with van der Waals surface area (Å²) in [6.45, 7) is 36.6. The Balaban J connectivity index is 1.22. The van der Waals surface area contributed by atoms with E-state index in [0.29, 0.717) is 237 Å². The molecule has 0 N–H and O–H groups in total. The predicted molar refractivity (Wildman–Crippen MR) is 562 cm³/mol. The lowest BCUT2D eigenvalue weighted by Crippen LogP contribution is -2.43. The van der Waals surface area contributed by atoms with Crippen LogP contribution in [0.4, 0.5) is 0 Å². The normalized spacial score (nSPS) is 17.5. The van der Waals surface area contributed by atoms with Crippen LogP contribution in [0.3, 0.4) is 0 Å². The third kappa shape index (κ3) is 83.5. The van der Waals surface area contributed by atoms with Crippen molar-refractivity contribution in [2.45, 2.75) is 413 Å². The molecule has 24 nitrogen and oxygen atoms in total. The molecular formula is C112H220N8O16. The zero-order valence-corrected chi connectivity index (χ0v) is 89.6. The minimum atomic E-state index is 0.158. The minimum absolute atomic E-state index is 0.158. The molecule has 3 aliphatic rings. The first-order valence-electron chi connectivity index (χ1n) is 58.2. The standard InChI is InChI=1S/C112H220N8O16/c1-5-9-13-17-21-25-35-43-51-59-67-117(68-60-52-44-36-26-22-18-14-10-6-2)111(123)107-115-75-87-129-99-95-125-83-71-113(72-84-126-96-100-130-88-76-115)65-57-49-41-33-29-31-39-47-55-63-109(121)119-79-91-133-103-105-135-93-81-120(82-94-136-106-104-134-92-80-119)110(122)64-56-48-40-32-30-34-42-50-58-66-114-73-85-127-97-101-131-89-77-116(78-90-132-102-98-128-86-74-114)108-112(124)118(69-61-53-45-37-27-23-19-15-11-7-3)70-62-54-46-38-28-24-20-16-12-8-4/h5-108H2,1-4H3. The topological polar surface area (TPSA) is 205 Å². The first-order chi connectivity index (χ1) is 67.3. The molecule has 3 heterocycles. The number of amides is 4. The van der Waals surface area contributed by atoms with Gasteiger partial charge in [-0.15, -0.1) is 0 Å². The lowest BCUT2D eigenvalue weighted by atomic mass is 10.1. The summed E-state index contributed by atoms with van der Waals surface area (Å²) in [7, 11) is 0.